The van der Waals surface area contributed by atoms with Crippen molar-refractivity contribution in [1.29, 1.82) is 0 Å². The van der Waals surface area contributed by atoms with Crippen molar-refractivity contribution in [2.24, 2.45) is 0 Å². The Morgan fingerprint density at radius 1 is 1.12 bits per heavy atom. The molecule has 0 spiro atoms. The van der Waals surface area contributed by atoms with Crippen LogP contribution in [0.3, 0.4) is 0 Å². The van der Waals surface area contributed by atoms with Crippen molar-refractivity contribution in [3.05, 3.63) is 35.4 Å². The molecule has 1 aromatic carbocycles. The molecule has 2 fully saturated rings. The van der Waals surface area contributed by atoms with Crippen molar-refractivity contribution < 1.29 is 9.53 Å². The maximum Gasteiger partial charge on any atom is 0.407 e. The number of benzene rings is 1. The molecule has 0 radical (unpaired) electrons. The first kappa shape index (κ1) is 18.2. The summed E-state index contributed by atoms with van der Waals surface area (Å²) in [6.45, 7) is 6.18. The quantitative estimate of drug-likeness (QED) is 0.784. The zero-order valence-corrected chi connectivity index (χ0v) is 15.6. The number of nitrogens with one attached hydrogen (secondary N) is 3. The lowest BCUT2D eigenvalue weighted by Crippen LogP contribution is -2.36. The van der Waals surface area contributed by atoms with Gasteiger partial charge in [-0.2, -0.15) is 0 Å². The number of amides is 1. The molecule has 0 bridgehead atoms. The van der Waals surface area contributed by atoms with Crippen molar-refractivity contribution in [3.8, 4) is 0 Å². The molecule has 2 atom stereocenters. The van der Waals surface area contributed by atoms with E-state index in [4.69, 9.17) is 4.74 Å². The zero-order chi connectivity index (χ0) is 17.9. The van der Waals surface area contributed by atoms with E-state index in [9.17, 15) is 4.79 Å². The van der Waals surface area contributed by atoms with Crippen LogP contribution >= 0.6 is 0 Å². The van der Waals surface area contributed by atoms with Crippen molar-refractivity contribution in [2.45, 2.75) is 76.7 Å². The Morgan fingerprint density at radius 3 is 2.28 bits per heavy atom. The van der Waals surface area contributed by atoms with Crippen LogP contribution in [0.25, 0.3) is 0 Å². The smallest absolute Gasteiger partial charge is 0.407 e. The monoisotopic (exact) mass is 345 g/mol. The Bertz CT molecular complexity index is 566. The highest BCUT2D eigenvalue weighted by atomic mass is 16.6. The molecular weight excluding hydrogens is 314 g/mol. The van der Waals surface area contributed by atoms with Gasteiger partial charge in [0.25, 0.3) is 0 Å². The van der Waals surface area contributed by atoms with Crippen LogP contribution < -0.4 is 16.0 Å². The Hall–Kier alpha value is -1.59. The maximum absolute atomic E-state index is 11.7. The highest BCUT2D eigenvalue weighted by Crippen LogP contribution is 2.28. The Balaban J connectivity index is 1.45. The van der Waals surface area contributed by atoms with Gasteiger partial charge in [0, 0.05) is 18.6 Å². The summed E-state index contributed by atoms with van der Waals surface area (Å²) in [5, 5.41) is 10.3. The molecule has 5 nitrogen and oxygen atoms in total. The molecule has 2 aliphatic rings. The SMILES string of the molecule is CC(C)(C)OC(=O)NCCc1ccc(C2N[C@@H]3CCCC[C@H]3N2)cc1. The second-order valence-corrected chi connectivity index (χ2v) is 8.18. The second-order valence-electron chi connectivity index (χ2n) is 8.18. The zero-order valence-electron chi connectivity index (χ0n) is 15.6. The lowest BCUT2D eigenvalue weighted by atomic mass is 9.92. The predicted octanol–water partition coefficient (Wildman–Crippen LogP) is 3.26. The standard InChI is InChI=1S/C20H31N3O2/c1-20(2,3)25-19(24)21-13-12-14-8-10-15(11-9-14)18-22-16-6-4-5-7-17(16)23-18/h8-11,16-18,22-23H,4-7,12-13H2,1-3H3,(H,21,24)/t16-,17-/m1/s1. The van der Waals surface area contributed by atoms with Crippen molar-refractivity contribution in [3.63, 3.8) is 0 Å². The summed E-state index contributed by atoms with van der Waals surface area (Å²) >= 11 is 0. The normalized spacial score (nSPS) is 24.0. The summed E-state index contributed by atoms with van der Waals surface area (Å²) in [4.78, 5) is 11.7. The molecule has 1 saturated carbocycles. The Kier molecular flexibility index (Phi) is 5.64. The van der Waals surface area contributed by atoms with Gasteiger partial charge < -0.3 is 10.1 Å². The molecule has 5 heteroatoms. The molecule has 0 unspecified atom stereocenters. The molecule has 1 amide bonds. The number of rotatable bonds is 4. The fourth-order valence-corrected chi connectivity index (χ4v) is 3.70. The van der Waals surface area contributed by atoms with Crippen molar-refractivity contribution in [2.75, 3.05) is 6.54 Å². The van der Waals surface area contributed by atoms with Gasteiger partial charge >= 0.3 is 6.09 Å². The van der Waals surface area contributed by atoms with E-state index in [1.807, 2.05) is 20.8 Å². The number of hydrogen-bond acceptors (Lipinski definition) is 4. The summed E-state index contributed by atoms with van der Waals surface area (Å²) in [6.07, 6.45) is 5.95. The van der Waals surface area contributed by atoms with Crippen LogP contribution in [-0.4, -0.2) is 30.3 Å². The molecule has 138 valence electrons. The van der Waals surface area contributed by atoms with Gasteiger partial charge in [-0.15, -0.1) is 0 Å². The number of ether oxygens (including phenoxy) is 1. The number of carbonyl (C=O) groups excluding carboxylic acids is 1. The van der Waals surface area contributed by atoms with E-state index in [1.54, 1.807) is 0 Å². The molecule has 25 heavy (non-hydrogen) atoms. The Labute approximate surface area is 150 Å². The topological polar surface area (TPSA) is 62.4 Å². The van der Waals surface area contributed by atoms with Gasteiger partial charge in [-0.3, -0.25) is 10.6 Å². The van der Waals surface area contributed by atoms with E-state index in [2.05, 4.69) is 40.2 Å². The van der Waals surface area contributed by atoms with Gasteiger partial charge in [-0.05, 0) is 51.2 Å². The summed E-state index contributed by atoms with van der Waals surface area (Å²) in [7, 11) is 0. The molecule has 0 aromatic heterocycles. The molecule has 1 saturated heterocycles. The fourth-order valence-electron chi connectivity index (χ4n) is 3.70. The van der Waals surface area contributed by atoms with Crippen LogP contribution in [0.5, 0.6) is 0 Å². The summed E-state index contributed by atoms with van der Waals surface area (Å²) < 4.78 is 5.24. The van der Waals surface area contributed by atoms with E-state index >= 15 is 0 Å². The van der Waals surface area contributed by atoms with E-state index < -0.39 is 5.60 Å². The minimum absolute atomic E-state index is 0.266. The lowest BCUT2D eigenvalue weighted by molar-refractivity contribution is 0.0528. The number of fused-ring (bicyclic) bond motifs is 1. The van der Waals surface area contributed by atoms with Crippen LogP contribution in [0.15, 0.2) is 24.3 Å². The number of alkyl carbamates (subject to hydrolysis) is 1. The largest absolute Gasteiger partial charge is 0.444 e. The highest BCUT2D eigenvalue weighted by molar-refractivity contribution is 5.67. The molecule has 1 aromatic rings. The second kappa shape index (κ2) is 7.75. The number of carbonyl (C=O) groups is 1. The first-order chi connectivity index (χ1) is 11.9. The van der Waals surface area contributed by atoms with E-state index in [0.29, 0.717) is 18.6 Å². The number of hydrogen-bond donors (Lipinski definition) is 3. The van der Waals surface area contributed by atoms with Gasteiger partial charge in [-0.25, -0.2) is 4.79 Å². The fraction of sp³-hybridized carbons (Fsp3) is 0.650. The predicted molar refractivity (Wildman–Crippen MR) is 99.4 cm³/mol. The average Bonchev–Trinajstić information content (AvgIpc) is 2.98. The van der Waals surface area contributed by atoms with Gasteiger partial charge in [-0.1, -0.05) is 37.1 Å². The molecule has 3 rings (SSSR count). The minimum atomic E-state index is -0.454. The summed E-state index contributed by atoms with van der Waals surface area (Å²) in [5.41, 5.74) is 2.05. The minimum Gasteiger partial charge on any atom is -0.444 e. The third-order valence-corrected chi connectivity index (χ3v) is 4.92. The van der Waals surface area contributed by atoms with Crippen LogP contribution in [-0.2, 0) is 11.2 Å². The molecular formula is C20H31N3O2. The third kappa shape index (κ3) is 5.19. The van der Waals surface area contributed by atoms with Crippen molar-refractivity contribution in [1.82, 2.24) is 16.0 Å². The van der Waals surface area contributed by atoms with Gasteiger partial charge in [0.05, 0.1) is 6.17 Å². The van der Waals surface area contributed by atoms with Gasteiger partial charge in [0.15, 0.2) is 0 Å². The van der Waals surface area contributed by atoms with Crippen LogP contribution in [0.2, 0.25) is 0 Å². The first-order valence-electron chi connectivity index (χ1n) is 9.48. The van der Waals surface area contributed by atoms with E-state index in [-0.39, 0.29) is 12.3 Å². The maximum atomic E-state index is 11.7. The molecule has 1 aliphatic carbocycles. The average molecular weight is 345 g/mol. The lowest BCUT2D eigenvalue weighted by Gasteiger charge is -2.23. The van der Waals surface area contributed by atoms with Crippen molar-refractivity contribution >= 4 is 6.09 Å². The van der Waals surface area contributed by atoms with Crippen LogP contribution in [0.4, 0.5) is 4.79 Å². The van der Waals surface area contributed by atoms with E-state index in [1.165, 1.54) is 36.8 Å². The van der Waals surface area contributed by atoms with Crippen LogP contribution in [0.1, 0.15) is 63.7 Å². The van der Waals surface area contributed by atoms with Crippen LogP contribution in [0, 0.1) is 0 Å². The van der Waals surface area contributed by atoms with Gasteiger partial charge in [0.2, 0.25) is 0 Å². The highest BCUT2D eigenvalue weighted by Gasteiger charge is 2.34. The Morgan fingerprint density at radius 2 is 1.72 bits per heavy atom. The molecule has 3 N–H and O–H groups in total. The first-order valence-corrected chi connectivity index (χ1v) is 9.48. The summed E-state index contributed by atoms with van der Waals surface area (Å²) in [6, 6.07) is 9.91. The van der Waals surface area contributed by atoms with E-state index in [0.717, 1.165) is 6.42 Å². The molecule has 1 aliphatic heterocycles. The summed E-state index contributed by atoms with van der Waals surface area (Å²) in [5.74, 6) is 0. The van der Waals surface area contributed by atoms with Gasteiger partial charge in [0.1, 0.15) is 5.60 Å². The third-order valence-electron chi connectivity index (χ3n) is 4.92. The molecule has 1 heterocycles.